The zero-order valence-electron chi connectivity index (χ0n) is 19.1. The van der Waals surface area contributed by atoms with E-state index < -0.39 is 11.9 Å². The van der Waals surface area contributed by atoms with Gasteiger partial charge in [-0.1, -0.05) is 56.2 Å². The van der Waals surface area contributed by atoms with Gasteiger partial charge < -0.3 is 20.4 Å². The minimum absolute atomic E-state index is 0.0602. The van der Waals surface area contributed by atoms with Crippen molar-refractivity contribution in [2.24, 2.45) is 5.92 Å². The largest absolute Gasteiger partial charge is 0.478 e. The molecule has 0 fully saturated rings. The molecule has 0 saturated heterocycles. The van der Waals surface area contributed by atoms with Crippen molar-refractivity contribution in [3.8, 4) is 0 Å². The highest BCUT2D eigenvalue weighted by Crippen LogP contribution is 2.18. The summed E-state index contributed by atoms with van der Waals surface area (Å²) in [5.41, 5.74) is 2.83. The van der Waals surface area contributed by atoms with Crippen LogP contribution in [0.5, 0.6) is 0 Å². The standard InChI is InChI=1S/C9H20O2.2C8H8O2/c1-4-7(8(10)5-2)9(11)6-3;2*1-6-2-4-7(5-3-6)8(9)10/h7-11H,4-6H2,1-3H3;2*2-5H,1H3,(H,9,10). The second-order valence-electron chi connectivity index (χ2n) is 7.37. The molecule has 2 aromatic rings. The van der Waals surface area contributed by atoms with E-state index in [4.69, 9.17) is 10.2 Å². The maximum Gasteiger partial charge on any atom is 0.335 e. The number of aliphatic hydroxyl groups is 2. The maximum atomic E-state index is 10.3. The molecular weight excluding hydrogens is 396 g/mol. The summed E-state index contributed by atoms with van der Waals surface area (Å²) >= 11 is 0. The third-order valence-corrected chi connectivity index (χ3v) is 4.89. The summed E-state index contributed by atoms with van der Waals surface area (Å²) in [4.78, 5) is 20.6. The van der Waals surface area contributed by atoms with Gasteiger partial charge in [0.1, 0.15) is 0 Å². The molecule has 4 N–H and O–H groups in total. The lowest BCUT2D eigenvalue weighted by atomic mass is 9.90. The van der Waals surface area contributed by atoms with E-state index in [0.29, 0.717) is 11.1 Å². The van der Waals surface area contributed by atoms with Crippen LogP contribution in [0.15, 0.2) is 48.5 Å². The molecule has 6 nitrogen and oxygen atoms in total. The number of carboxylic acids is 2. The zero-order chi connectivity index (χ0) is 24.0. The highest BCUT2D eigenvalue weighted by atomic mass is 16.4. The van der Waals surface area contributed by atoms with E-state index in [9.17, 15) is 19.8 Å². The van der Waals surface area contributed by atoms with Gasteiger partial charge in [-0.25, -0.2) is 9.59 Å². The van der Waals surface area contributed by atoms with E-state index in [1.165, 1.54) is 0 Å². The third kappa shape index (κ3) is 11.3. The number of hydrogen-bond acceptors (Lipinski definition) is 4. The Labute approximate surface area is 185 Å². The first-order valence-electron chi connectivity index (χ1n) is 10.5. The molecule has 0 heterocycles. The van der Waals surface area contributed by atoms with Crippen LogP contribution in [-0.4, -0.2) is 44.6 Å². The average Bonchev–Trinajstić information content (AvgIpc) is 2.75. The fourth-order valence-electron chi connectivity index (χ4n) is 2.80. The van der Waals surface area contributed by atoms with E-state index in [1.54, 1.807) is 48.5 Å². The van der Waals surface area contributed by atoms with E-state index in [1.807, 2.05) is 34.6 Å². The average molecular weight is 433 g/mol. The molecule has 0 spiro atoms. The third-order valence-electron chi connectivity index (χ3n) is 4.89. The van der Waals surface area contributed by atoms with Crippen LogP contribution in [0, 0.1) is 19.8 Å². The Kier molecular flexibility index (Phi) is 13.8. The van der Waals surface area contributed by atoms with Crippen molar-refractivity contribution >= 4 is 11.9 Å². The molecule has 2 atom stereocenters. The lowest BCUT2D eigenvalue weighted by Crippen LogP contribution is -2.30. The summed E-state index contributed by atoms with van der Waals surface area (Å²) in [6, 6.07) is 13.5. The highest BCUT2D eigenvalue weighted by Gasteiger charge is 2.22. The van der Waals surface area contributed by atoms with Gasteiger partial charge in [-0.15, -0.1) is 0 Å². The van der Waals surface area contributed by atoms with Crippen molar-refractivity contribution in [3.05, 3.63) is 70.8 Å². The second-order valence-corrected chi connectivity index (χ2v) is 7.37. The van der Waals surface area contributed by atoms with Gasteiger partial charge in [0.15, 0.2) is 0 Å². The molecule has 0 saturated carbocycles. The number of benzene rings is 2. The van der Waals surface area contributed by atoms with Crippen LogP contribution in [0.25, 0.3) is 0 Å². The second kappa shape index (κ2) is 15.2. The molecule has 0 aliphatic rings. The van der Waals surface area contributed by atoms with Crippen molar-refractivity contribution in [1.82, 2.24) is 0 Å². The van der Waals surface area contributed by atoms with Gasteiger partial charge in [0.05, 0.1) is 23.3 Å². The summed E-state index contributed by atoms with van der Waals surface area (Å²) in [6.45, 7) is 9.73. The lowest BCUT2D eigenvalue weighted by Gasteiger charge is -2.24. The van der Waals surface area contributed by atoms with Crippen LogP contribution in [-0.2, 0) is 0 Å². The van der Waals surface area contributed by atoms with E-state index >= 15 is 0 Å². The number of rotatable bonds is 7. The number of aromatic carboxylic acids is 2. The van der Waals surface area contributed by atoms with Crippen LogP contribution in [0.1, 0.15) is 71.9 Å². The predicted molar refractivity (Wildman–Crippen MR) is 123 cm³/mol. The van der Waals surface area contributed by atoms with Gasteiger partial charge in [-0.2, -0.15) is 0 Å². The van der Waals surface area contributed by atoms with Crippen LogP contribution >= 0.6 is 0 Å². The first kappa shape index (κ1) is 28.3. The summed E-state index contributed by atoms with van der Waals surface area (Å²) in [5.74, 6) is -1.69. The molecular formula is C25H36O6. The monoisotopic (exact) mass is 432 g/mol. The van der Waals surface area contributed by atoms with Crippen molar-refractivity contribution in [2.45, 2.75) is 66.1 Å². The molecule has 2 rings (SSSR count). The number of aryl methyl sites for hydroxylation is 2. The number of aliphatic hydroxyl groups excluding tert-OH is 2. The molecule has 0 aliphatic carbocycles. The SMILES string of the molecule is CCC(O)C(CC)C(O)CC.Cc1ccc(C(=O)O)cc1.Cc1ccc(C(=O)O)cc1. The van der Waals surface area contributed by atoms with Crippen molar-refractivity contribution < 1.29 is 30.0 Å². The summed E-state index contributed by atoms with van der Waals surface area (Å²) in [7, 11) is 0. The Morgan fingerprint density at radius 3 is 1.13 bits per heavy atom. The lowest BCUT2D eigenvalue weighted by molar-refractivity contribution is 0.00713. The van der Waals surface area contributed by atoms with E-state index in [0.717, 1.165) is 30.4 Å². The van der Waals surface area contributed by atoms with Gasteiger partial charge in [0.25, 0.3) is 0 Å². The molecule has 172 valence electrons. The molecule has 0 aromatic heterocycles. The summed E-state index contributed by atoms with van der Waals surface area (Å²) < 4.78 is 0. The van der Waals surface area contributed by atoms with E-state index in [-0.39, 0.29) is 18.1 Å². The smallest absolute Gasteiger partial charge is 0.335 e. The number of carbonyl (C=O) groups is 2. The van der Waals surface area contributed by atoms with Gasteiger partial charge in [0.2, 0.25) is 0 Å². The first-order valence-corrected chi connectivity index (χ1v) is 10.5. The predicted octanol–water partition coefficient (Wildman–Crippen LogP) is 4.94. The Balaban J connectivity index is 0.000000436. The topological polar surface area (TPSA) is 115 Å². The summed E-state index contributed by atoms with van der Waals surface area (Å²) in [6.07, 6.45) is 1.64. The molecule has 2 unspecified atom stereocenters. The molecule has 0 radical (unpaired) electrons. The van der Waals surface area contributed by atoms with Crippen LogP contribution in [0.2, 0.25) is 0 Å². The van der Waals surface area contributed by atoms with Gasteiger partial charge in [-0.3, -0.25) is 0 Å². The van der Waals surface area contributed by atoms with Crippen molar-refractivity contribution in [2.75, 3.05) is 0 Å². The molecule has 31 heavy (non-hydrogen) atoms. The fourth-order valence-corrected chi connectivity index (χ4v) is 2.80. The molecule has 0 bridgehead atoms. The van der Waals surface area contributed by atoms with Gasteiger partial charge in [0, 0.05) is 5.92 Å². The first-order chi connectivity index (χ1) is 14.6. The Morgan fingerprint density at radius 1 is 0.645 bits per heavy atom. The maximum absolute atomic E-state index is 10.3. The van der Waals surface area contributed by atoms with E-state index in [2.05, 4.69) is 0 Å². The highest BCUT2D eigenvalue weighted by molar-refractivity contribution is 5.87. The Morgan fingerprint density at radius 2 is 0.935 bits per heavy atom. The van der Waals surface area contributed by atoms with Gasteiger partial charge in [-0.05, 0) is 57.4 Å². The van der Waals surface area contributed by atoms with Crippen LogP contribution < -0.4 is 0 Å². The molecule has 0 amide bonds. The Hall–Kier alpha value is -2.70. The molecule has 0 aliphatic heterocycles. The van der Waals surface area contributed by atoms with Crippen LogP contribution in [0.4, 0.5) is 0 Å². The summed E-state index contributed by atoms with van der Waals surface area (Å²) in [5, 5.41) is 35.9. The number of hydrogen-bond donors (Lipinski definition) is 4. The van der Waals surface area contributed by atoms with Gasteiger partial charge >= 0.3 is 11.9 Å². The van der Waals surface area contributed by atoms with Crippen LogP contribution in [0.3, 0.4) is 0 Å². The fraction of sp³-hybridized carbons (Fsp3) is 0.440. The minimum atomic E-state index is -0.875. The quantitative estimate of drug-likeness (QED) is 0.492. The number of carboxylic acid groups (broad SMARTS) is 2. The Bertz CT molecular complexity index is 702. The van der Waals surface area contributed by atoms with Crippen molar-refractivity contribution in [3.63, 3.8) is 0 Å². The normalized spacial score (nSPS) is 12.9. The minimum Gasteiger partial charge on any atom is -0.478 e. The molecule has 6 heteroatoms. The molecule has 2 aromatic carbocycles. The van der Waals surface area contributed by atoms with Crippen molar-refractivity contribution in [1.29, 1.82) is 0 Å². The zero-order valence-corrected chi connectivity index (χ0v) is 19.1.